The summed E-state index contributed by atoms with van der Waals surface area (Å²) in [4.78, 5) is 9.00. The van der Waals surface area contributed by atoms with Gasteiger partial charge in [-0.15, -0.1) is 5.10 Å². The van der Waals surface area contributed by atoms with Gasteiger partial charge in [-0.1, -0.05) is 30.3 Å². The lowest BCUT2D eigenvalue weighted by Gasteiger charge is -2.23. The van der Waals surface area contributed by atoms with Crippen LogP contribution in [0.1, 0.15) is 11.4 Å². The van der Waals surface area contributed by atoms with E-state index in [1.165, 1.54) is 0 Å². The summed E-state index contributed by atoms with van der Waals surface area (Å²) in [6.07, 6.45) is 4.47. The third kappa shape index (κ3) is 3.45. The molecule has 6 heteroatoms. The number of benzene rings is 1. The van der Waals surface area contributed by atoms with Crippen molar-refractivity contribution in [3.05, 3.63) is 60.2 Å². The van der Waals surface area contributed by atoms with Gasteiger partial charge in [-0.2, -0.15) is 0 Å². The van der Waals surface area contributed by atoms with E-state index in [0.717, 1.165) is 48.2 Å². The maximum absolute atomic E-state index is 5.86. The number of aryl methyl sites for hydroxylation is 1. The van der Waals surface area contributed by atoms with Crippen LogP contribution in [0.3, 0.4) is 0 Å². The van der Waals surface area contributed by atoms with Crippen molar-refractivity contribution < 1.29 is 4.74 Å². The van der Waals surface area contributed by atoms with Crippen molar-refractivity contribution in [2.24, 2.45) is 0 Å². The van der Waals surface area contributed by atoms with Crippen molar-refractivity contribution in [2.75, 3.05) is 19.7 Å². The SMILES string of the molecule is Cc1cnccc1-n1nc(-c2ccccc2)nc1C[C@H]1CNCCO1. The topological polar surface area (TPSA) is 64.9 Å². The van der Waals surface area contributed by atoms with Crippen LogP contribution in [0, 0.1) is 6.92 Å². The van der Waals surface area contributed by atoms with E-state index in [1.54, 1.807) is 6.20 Å². The maximum atomic E-state index is 5.86. The first-order valence-electron chi connectivity index (χ1n) is 8.56. The molecule has 0 spiro atoms. The van der Waals surface area contributed by atoms with Crippen LogP contribution in [-0.2, 0) is 11.2 Å². The van der Waals surface area contributed by atoms with Crippen LogP contribution < -0.4 is 5.32 Å². The largest absolute Gasteiger partial charge is 0.375 e. The lowest BCUT2D eigenvalue weighted by Crippen LogP contribution is -2.40. The molecule has 3 aromatic rings. The van der Waals surface area contributed by atoms with Crippen LogP contribution in [0.15, 0.2) is 48.8 Å². The van der Waals surface area contributed by atoms with E-state index < -0.39 is 0 Å². The van der Waals surface area contributed by atoms with E-state index in [4.69, 9.17) is 14.8 Å². The Morgan fingerprint density at radius 1 is 1.24 bits per heavy atom. The molecule has 1 aliphatic rings. The zero-order valence-corrected chi connectivity index (χ0v) is 14.2. The fraction of sp³-hybridized carbons (Fsp3) is 0.316. The molecule has 25 heavy (non-hydrogen) atoms. The lowest BCUT2D eigenvalue weighted by atomic mass is 10.2. The Labute approximate surface area is 146 Å². The molecule has 0 saturated carbocycles. The molecule has 1 atom stereocenters. The first-order chi connectivity index (χ1) is 12.3. The van der Waals surface area contributed by atoms with Gasteiger partial charge in [-0.05, 0) is 18.6 Å². The van der Waals surface area contributed by atoms with E-state index in [-0.39, 0.29) is 6.10 Å². The molecule has 128 valence electrons. The Hall–Kier alpha value is -2.57. The molecule has 1 aliphatic heterocycles. The summed E-state index contributed by atoms with van der Waals surface area (Å²) >= 11 is 0. The number of nitrogens with one attached hydrogen (secondary N) is 1. The second-order valence-corrected chi connectivity index (χ2v) is 6.19. The summed E-state index contributed by atoms with van der Waals surface area (Å²) in [5.74, 6) is 1.64. The van der Waals surface area contributed by atoms with E-state index in [9.17, 15) is 0 Å². The minimum Gasteiger partial charge on any atom is -0.375 e. The number of rotatable bonds is 4. The normalized spacial score (nSPS) is 17.6. The van der Waals surface area contributed by atoms with Gasteiger partial charge in [0.25, 0.3) is 0 Å². The van der Waals surface area contributed by atoms with E-state index in [1.807, 2.05) is 54.2 Å². The molecule has 1 N–H and O–H groups in total. The summed E-state index contributed by atoms with van der Waals surface area (Å²) < 4.78 is 7.79. The number of hydrogen-bond donors (Lipinski definition) is 1. The summed E-state index contributed by atoms with van der Waals surface area (Å²) in [6, 6.07) is 12.0. The molecular weight excluding hydrogens is 314 g/mol. The molecule has 3 heterocycles. The maximum Gasteiger partial charge on any atom is 0.181 e. The second kappa shape index (κ2) is 7.13. The Bertz CT molecular complexity index is 840. The van der Waals surface area contributed by atoms with Crippen molar-refractivity contribution in [3.63, 3.8) is 0 Å². The zero-order chi connectivity index (χ0) is 17.1. The summed E-state index contributed by atoms with van der Waals surface area (Å²) in [5.41, 5.74) is 3.08. The zero-order valence-electron chi connectivity index (χ0n) is 14.2. The highest BCUT2D eigenvalue weighted by Gasteiger charge is 2.20. The Kier molecular flexibility index (Phi) is 4.54. The Morgan fingerprint density at radius 2 is 2.12 bits per heavy atom. The van der Waals surface area contributed by atoms with E-state index in [0.29, 0.717) is 6.42 Å². The first-order valence-corrected chi connectivity index (χ1v) is 8.56. The Balaban J connectivity index is 1.74. The summed E-state index contributed by atoms with van der Waals surface area (Å²) in [7, 11) is 0. The van der Waals surface area contributed by atoms with Crippen molar-refractivity contribution in [2.45, 2.75) is 19.4 Å². The standard InChI is InChI=1S/C19H21N5O/c1-14-12-20-8-7-17(14)24-18(11-16-13-21-9-10-25-16)22-19(23-24)15-5-3-2-4-6-15/h2-8,12,16,21H,9-11,13H2,1H3/t16-/m0/s1. The second-order valence-electron chi connectivity index (χ2n) is 6.19. The smallest absolute Gasteiger partial charge is 0.181 e. The third-order valence-electron chi connectivity index (χ3n) is 4.34. The number of morpholine rings is 1. The molecule has 1 saturated heterocycles. The van der Waals surface area contributed by atoms with Crippen molar-refractivity contribution in [1.29, 1.82) is 0 Å². The van der Waals surface area contributed by atoms with Gasteiger partial charge in [0.1, 0.15) is 5.82 Å². The van der Waals surface area contributed by atoms with E-state index >= 15 is 0 Å². The van der Waals surface area contributed by atoms with Crippen LogP contribution >= 0.6 is 0 Å². The number of aromatic nitrogens is 4. The van der Waals surface area contributed by atoms with Crippen molar-refractivity contribution in [3.8, 4) is 17.1 Å². The highest BCUT2D eigenvalue weighted by Crippen LogP contribution is 2.21. The van der Waals surface area contributed by atoms with Gasteiger partial charge >= 0.3 is 0 Å². The fourth-order valence-electron chi connectivity index (χ4n) is 3.04. The van der Waals surface area contributed by atoms with E-state index in [2.05, 4.69) is 10.3 Å². The molecule has 0 unspecified atom stereocenters. The minimum absolute atomic E-state index is 0.113. The predicted molar refractivity (Wildman–Crippen MR) is 95.6 cm³/mol. The molecular formula is C19H21N5O. The molecule has 1 fully saturated rings. The van der Waals surface area contributed by atoms with Crippen molar-refractivity contribution >= 4 is 0 Å². The van der Waals surface area contributed by atoms with Gasteiger partial charge in [-0.3, -0.25) is 4.98 Å². The van der Waals surface area contributed by atoms with Crippen LogP contribution in [0.2, 0.25) is 0 Å². The first kappa shape index (κ1) is 15.9. The van der Waals surface area contributed by atoms with Gasteiger partial charge in [-0.25, -0.2) is 9.67 Å². The monoisotopic (exact) mass is 335 g/mol. The Morgan fingerprint density at radius 3 is 2.88 bits per heavy atom. The average molecular weight is 335 g/mol. The molecule has 1 aromatic carbocycles. The van der Waals surface area contributed by atoms with Gasteiger partial charge in [0.05, 0.1) is 18.4 Å². The van der Waals surface area contributed by atoms with Gasteiger partial charge < -0.3 is 10.1 Å². The van der Waals surface area contributed by atoms with Crippen LogP contribution in [0.5, 0.6) is 0 Å². The number of nitrogens with zero attached hydrogens (tertiary/aromatic N) is 4. The van der Waals surface area contributed by atoms with Gasteiger partial charge in [0, 0.05) is 37.5 Å². The molecule has 2 aromatic heterocycles. The lowest BCUT2D eigenvalue weighted by molar-refractivity contribution is 0.0277. The number of ether oxygens (including phenoxy) is 1. The highest BCUT2D eigenvalue weighted by atomic mass is 16.5. The molecule has 0 amide bonds. The average Bonchev–Trinajstić information content (AvgIpc) is 3.07. The third-order valence-corrected chi connectivity index (χ3v) is 4.34. The van der Waals surface area contributed by atoms with Crippen molar-refractivity contribution in [1.82, 2.24) is 25.1 Å². The van der Waals surface area contributed by atoms with Gasteiger partial charge in [0.2, 0.25) is 0 Å². The van der Waals surface area contributed by atoms with Crippen LogP contribution in [0.4, 0.5) is 0 Å². The number of pyridine rings is 1. The predicted octanol–water partition coefficient (Wildman–Crippen LogP) is 2.17. The molecule has 4 rings (SSSR count). The van der Waals surface area contributed by atoms with Crippen LogP contribution in [0.25, 0.3) is 17.1 Å². The quantitative estimate of drug-likeness (QED) is 0.792. The van der Waals surface area contributed by atoms with Gasteiger partial charge in [0.15, 0.2) is 5.82 Å². The highest BCUT2D eigenvalue weighted by molar-refractivity contribution is 5.55. The summed E-state index contributed by atoms with van der Waals surface area (Å²) in [6.45, 7) is 4.51. The summed E-state index contributed by atoms with van der Waals surface area (Å²) in [5, 5.41) is 8.15. The fourth-order valence-corrected chi connectivity index (χ4v) is 3.04. The molecule has 6 nitrogen and oxygen atoms in total. The van der Waals surface area contributed by atoms with Crippen LogP contribution in [-0.4, -0.2) is 45.5 Å². The molecule has 0 aliphatic carbocycles. The molecule has 0 bridgehead atoms. The minimum atomic E-state index is 0.113. The molecule has 0 radical (unpaired) electrons. The number of hydrogen-bond acceptors (Lipinski definition) is 5.